The molecular formula is C19H17N5O4S. The summed E-state index contributed by atoms with van der Waals surface area (Å²) >= 11 is 0. The van der Waals surface area contributed by atoms with Crippen LogP contribution in [0.15, 0.2) is 61.2 Å². The minimum absolute atomic E-state index is 0.249. The third-order valence-electron chi connectivity index (χ3n) is 4.17. The van der Waals surface area contributed by atoms with E-state index in [9.17, 15) is 13.2 Å². The Balaban J connectivity index is 1.66. The first-order valence-corrected chi connectivity index (χ1v) is 10.1. The standard InChI is InChI=1S/C19H17N5O4S/c25-19-11-24(29(26,27)22-19)17-7-6-15(8-9-23-14-20-13-21-23)10-18(17)28-12-16-4-2-1-3-5-16/h1-10,13-14H,11-12H2,(H,22,25). The molecule has 1 N–H and O–H groups in total. The number of carbonyl (C=O) groups excluding carboxylic acids is 1. The second-order valence-corrected chi connectivity index (χ2v) is 7.82. The molecular weight excluding hydrogens is 394 g/mol. The van der Waals surface area contributed by atoms with Crippen molar-refractivity contribution in [3.63, 3.8) is 0 Å². The van der Waals surface area contributed by atoms with Crippen molar-refractivity contribution in [3.05, 3.63) is 72.3 Å². The van der Waals surface area contributed by atoms with Gasteiger partial charge in [0.15, 0.2) is 0 Å². The third-order valence-corrected chi connectivity index (χ3v) is 5.56. The smallest absolute Gasteiger partial charge is 0.326 e. The molecule has 4 rings (SSSR count). The van der Waals surface area contributed by atoms with Gasteiger partial charge in [0.1, 0.15) is 31.6 Å². The Kier molecular flexibility index (Phi) is 5.00. The van der Waals surface area contributed by atoms with E-state index in [4.69, 9.17) is 4.74 Å². The number of aromatic nitrogens is 3. The summed E-state index contributed by atoms with van der Waals surface area (Å²) < 4.78 is 35.0. The SMILES string of the molecule is O=C1CN(c2ccc(C=Cn3cncn3)cc2OCc2ccccc2)S(=O)(=O)N1. The van der Waals surface area contributed by atoms with Gasteiger partial charge in [-0.2, -0.15) is 13.5 Å². The summed E-state index contributed by atoms with van der Waals surface area (Å²) in [6.07, 6.45) is 6.46. The van der Waals surface area contributed by atoms with Crippen molar-refractivity contribution in [1.29, 1.82) is 0 Å². The van der Waals surface area contributed by atoms with E-state index in [1.165, 1.54) is 11.0 Å². The van der Waals surface area contributed by atoms with E-state index in [1.807, 2.05) is 35.1 Å². The zero-order chi connectivity index (χ0) is 20.3. The lowest BCUT2D eigenvalue weighted by Gasteiger charge is -2.19. The molecule has 1 aliphatic heterocycles. The van der Waals surface area contributed by atoms with Gasteiger partial charge in [0, 0.05) is 6.20 Å². The van der Waals surface area contributed by atoms with Crippen LogP contribution in [0.2, 0.25) is 0 Å². The molecule has 9 nitrogen and oxygen atoms in total. The Morgan fingerprint density at radius 1 is 1.17 bits per heavy atom. The monoisotopic (exact) mass is 411 g/mol. The predicted octanol–water partition coefficient (Wildman–Crippen LogP) is 1.67. The first kappa shape index (κ1) is 18.7. The van der Waals surface area contributed by atoms with Gasteiger partial charge < -0.3 is 4.74 Å². The van der Waals surface area contributed by atoms with Crippen LogP contribution < -0.4 is 13.8 Å². The Bertz CT molecular complexity index is 1140. The summed E-state index contributed by atoms with van der Waals surface area (Å²) in [6.45, 7) is -0.0441. The number of benzene rings is 2. The van der Waals surface area contributed by atoms with E-state index in [1.54, 1.807) is 36.8 Å². The van der Waals surface area contributed by atoms with Crippen molar-refractivity contribution >= 4 is 34.1 Å². The van der Waals surface area contributed by atoms with Crippen molar-refractivity contribution in [2.75, 3.05) is 10.8 Å². The quantitative estimate of drug-likeness (QED) is 0.661. The molecule has 0 unspecified atom stereocenters. The molecule has 0 bridgehead atoms. The van der Waals surface area contributed by atoms with Crippen LogP contribution in [0.1, 0.15) is 11.1 Å². The minimum Gasteiger partial charge on any atom is -0.487 e. The van der Waals surface area contributed by atoms with Gasteiger partial charge in [0.25, 0.3) is 5.91 Å². The topological polar surface area (TPSA) is 106 Å². The molecule has 29 heavy (non-hydrogen) atoms. The molecule has 0 spiro atoms. The number of hydrogen-bond acceptors (Lipinski definition) is 6. The van der Waals surface area contributed by atoms with Crippen molar-refractivity contribution in [2.45, 2.75) is 6.61 Å². The molecule has 1 saturated heterocycles. The summed E-state index contributed by atoms with van der Waals surface area (Å²) in [7, 11) is -3.94. The van der Waals surface area contributed by atoms with Crippen LogP contribution in [0.5, 0.6) is 5.75 Å². The molecule has 1 fully saturated rings. The average Bonchev–Trinajstić information content (AvgIpc) is 3.32. The van der Waals surface area contributed by atoms with Gasteiger partial charge in [0.05, 0.1) is 5.69 Å². The highest BCUT2D eigenvalue weighted by Crippen LogP contribution is 2.33. The maximum Gasteiger partial charge on any atom is 0.326 e. The fourth-order valence-electron chi connectivity index (χ4n) is 2.81. The number of amides is 1. The molecule has 0 saturated carbocycles. The summed E-state index contributed by atoms with van der Waals surface area (Å²) in [5.41, 5.74) is 1.99. The molecule has 1 aromatic heterocycles. The summed E-state index contributed by atoms with van der Waals surface area (Å²) in [6, 6.07) is 14.6. The molecule has 2 heterocycles. The number of hydrogen-bond donors (Lipinski definition) is 1. The minimum atomic E-state index is -3.94. The van der Waals surface area contributed by atoms with Crippen molar-refractivity contribution in [1.82, 2.24) is 19.5 Å². The van der Waals surface area contributed by atoms with Crippen LogP contribution in [-0.4, -0.2) is 35.6 Å². The largest absolute Gasteiger partial charge is 0.487 e. The first-order valence-electron chi connectivity index (χ1n) is 8.68. The van der Waals surface area contributed by atoms with E-state index in [0.29, 0.717) is 5.75 Å². The van der Waals surface area contributed by atoms with E-state index in [2.05, 4.69) is 10.1 Å². The van der Waals surface area contributed by atoms with E-state index in [-0.39, 0.29) is 18.8 Å². The van der Waals surface area contributed by atoms with E-state index >= 15 is 0 Å². The normalized spacial score (nSPS) is 15.6. The van der Waals surface area contributed by atoms with Gasteiger partial charge in [-0.05, 0) is 29.3 Å². The van der Waals surface area contributed by atoms with Gasteiger partial charge in [-0.15, -0.1) is 0 Å². The zero-order valence-corrected chi connectivity index (χ0v) is 16.0. The van der Waals surface area contributed by atoms with E-state index in [0.717, 1.165) is 15.4 Å². The number of ether oxygens (including phenoxy) is 1. The molecule has 1 aliphatic rings. The van der Waals surface area contributed by atoms with Crippen LogP contribution in [0.3, 0.4) is 0 Å². The van der Waals surface area contributed by atoms with Crippen LogP contribution in [-0.2, 0) is 21.6 Å². The number of nitrogens with zero attached hydrogens (tertiary/aromatic N) is 4. The lowest BCUT2D eigenvalue weighted by Crippen LogP contribution is -2.29. The maximum absolute atomic E-state index is 12.3. The molecule has 10 heteroatoms. The molecule has 0 atom stereocenters. The van der Waals surface area contributed by atoms with Crippen LogP contribution >= 0.6 is 0 Å². The number of carbonyl (C=O) groups is 1. The highest BCUT2D eigenvalue weighted by Gasteiger charge is 2.35. The lowest BCUT2D eigenvalue weighted by molar-refractivity contribution is -0.117. The molecule has 0 radical (unpaired) electrons. The van der Waals surface area contributed by atoms with Gasteiger partial charge >= 0.3 is 10.2 Å². The summed E-state index contributed by atoms with van der Waals surface area (Å²) in [5, 5.41) is 3.99. The van der Waals surface area contributed by atoms with Crippen molar-refractivity contribution in [3.8, 4) is 5.75 Å². The second kappa shape index (κ2) is 7.76. The zero-order valence-electron chi connectivity index (χ0n) is 15.2. The molecule has 0 aliphatic carbocycles. The maximum atomic E-state index is 12.3. The van der Waals surface area contributed by atoms with Crippen LogP contribution in [0.4, 0.5) is 5.69 Å². The molecule has 1 amide bonds. The Morgan fingerprint density at radius 3 is 2.69 bits per heavy atom. The number of rotatable bonds is 6. The van der Waals surface area contributed by atoms with Gasteiger partial charge in [0.2, 0.25) is 0 Å². The Labute approximate surface area is 167 Å². The fourth-order valence-corrected chi connectivity index (χ4v) is 3.97. The molecule has 3 aromatic rings. The highest BCUT2D eigenvalue weighted by atomic mass is 32.2. The third kappa shape index (κ3) is 4.27. The number of anilines is 1. The average molecular weight is 411 g/mol. The fraction of sp³-hybridized carbons (Fsp3) is 0.105. The van der Waals surface area contributed by atoms with Gasteiger partial charge in [-0.1, -0.05) is 36.4 Å². The van der Waals surface area contributed by atoms with Crippen molar-refractivity contribution < 1.29 is 17.9 Å². The second-order valence-electron chi connectivity index (χ2n) is 6.23. The highest BCUT2D eigenvalue weighted by molar-refractivity contribution is 7.92. The Morgan fingerprint density at radius 2 is 2.00 bits per heavy atom. The molecule has 148 valence electrons. The van der Waals surface area contributed by atoms with E-state index < -0.39 is 16.1 Å². The van der Waals surface area contributed by atoms with Crippen LogP contribution in [0.25, 0.3) is 12.3 Å². The summed E-state index contributed by atoms with van der Waals surface area (Å²) in [4.78, 5) is 15.5. The van der Waals surface area contributed by atoms with Crippen LogP contribution in [0, 0.1) is 0 Å². The summed E-state index contributed by atoms with van der Waals surface area (Å²) in [5.74, 6) is -0.246. The van der Waals surface area contributed by atoms with Gasteiger partial charge in [-0.25, -0.2) is 18.7 Å². The predicted molar refractivity (Wildman–Crippen MR) is 107 cm³/mol. The number of nitrogens with one attached hydrogen (secondary N) is 1. The lowest BCUT2D eigenvalue weighted by atomic mass is 10.1. The molecule has 2 aromatic carbocycles. The first-order chi connectivity index (χ1) is 14.0. The van der Waals surface area contributed by atoms with Gasteiger partial charge in [-0.3, -0.25) is 4.79 Å². The Hall–Kier alpha value is -3.66. The van der Waals surface area contributed by atoms with Crippen molar-refractivity contribution in [2.24, 2.45) is 0 Å².